The summed E-state index contributed by atoms with van der Waals surface area (Å²) in [5.74, 6) is -0.935. The van der Waals surface area contributed by atoms with Gasteiger partial charge in [0.25, 0.3) is 5.91 Å². The van der Waals surface area contributed by atoms with Gasteiger partial charge in [-0.1, -0.05) is 12.2 Å². The van der Waals surface area contributed by atoms with Crippen molar-refractivity contribution in [1.82, 2.24) is 10.2 Å². The number of rotatable bonds is 9. The van der Waals surface area contributed by atoms with Crippen LogP contribution in [-0.4, -0.2) is 41.0 Å². The standard InChI is InChI=1S/C15H20N2O4/c1-4-8-17(9-5-2)10-12-6-7-13(21-12)14(18)16-11(3)15(19)20/h4-7,11H,1-2,8-10H2,3H3,(H,16,18)(H,19,20). The second kappa shape index (κ2) is 8.06. The topological polar surface area (TPSA) is 82.8 Å². The lowest BCUT2D eigenvalue weighted by Crippen LogP contribution is -2.38. The van der Waals surface area contributed by atoms with E-state index in [1.165, 1.54) is 13.0 Å². The van der Waals surface area contributed by atoms with Crippen molar-refractivity contribution in [2.75, 3.05) is 13.1 Å². The van der Waals surface area contributed by atoms with E-state index in [0.717, 1.165) is 0 Å². The second-order valence-corrected chi connectivity index (χ2v) is 4.57. The smallest absolute Gasteiger partial charge is 0.325 e. The Morgan fingerprint density at radius 3 is 2.52 bits per heavy atom. The summed E-state index contributed by atoms with van der Waals surface area (Å²) in [7, 11) is 0. The molecule has 0 fully saturated rings. The molecule has 0 bridgehead atoms. The van der Waals surface area contributed by atoms with Crippen molar-refractivity contribution in [3.05, 3.63) is 49.0 Å². The first-order valence-electron chi connectivity index (χ1n) is 6.54. The Bertz CT molecular complexity index is 511. The molecule has 6 nitrogen and oxygen atoms in total. The SMILES string of the molecule is C=CCN(CC=C)Cc1ccc(C(=O)NC(C)C(=O)O)o1. The number of aliphatic carboxylic acids is 1. The molecule has 21 heavy (non-hydrogen) atoms. The molecule has 0 aliphatic heterocycles. The summed E-state index contributed by atoms with van der Waals surface area (Å²) in [4.78, 5) is 24.5. The van der Waals surface area contributed by atoms with Gasteiger partial charge in [-0.2, -0.15) is 0 Å². The third-order valence-electron chi connectivity index (χ3n) is 2.76. The van der Waals surface area contributed by atoms with Crippen LogP contribution in [0.1, 0.15) is 23.2 Å². The maximum atomic E-state index is 11.8. The molecule has 1 rings (SSSR count). The number of hydrogen-bond acceptors (Lipinski definition) is 4. The number of carboxylic acids is 1. The molecule has 1 aromatic rings. The normalized spacial score (nSPS) is 11.9. The maximum Gasteiger partial charge on any atom is 0.325 e. The van der Waals surface area contributed by atoms with Crippen LogP contribution in [0.3, 0.4) is 0 Å². The van der Waals surface area contributed by atoms with Crippen molar-refractivity contribution in [3.63, 3.8) is 0 Å². The molecule has 6 heteroatoms. The number of furan rings is 1. The highest BCUT2D eigenvalue weighted by molar-refractivity contribution is 5.94. The first-order valence-corrected chi connectivity index (χ1v) is 6.54. The molecule has 0 aliphatic rings. The Balaban J connectivity index is 2.67. The van der Waals surface area contributed by atoms with Crippen LogP contribution >= 0.6 is 0 Å². The van der Waals surface area contributed by atoms with Crippen molar-refractivity contribution < 1.29 is 19.1 Å². The molecule has 0 radical (unpaired) electrons. The van der Waals surface area contributed by atoms with Gasteiger partial charge in [0.05, 0.1) is 6.54 Å². The van der Waals surface area contributed by atoms with Gasteiger partial charge < -0.3 is 14.8 Å². The van der Waals surface area contributed by atoms with E-state index in [0.29, 0.717) is 25.4 Å². The number of nitrogens with one attached hydrogen (secondary N) is 1. The van der Waals surface area contributed by atoms with Crippen molar-refractivity contribution in [2.45, 2.75) is 19.5 Å². The van der Waals surface area contributed by atoms with Gasteiger partial charge in [0, 0.05) is 13.1 Å². The quantitative estimate of drug-likeness (QED) is 0.676. The van der Waals surface area contributed by atoms with Crippen molar-refractivity contribution >= 4 is 11.9 Å². The molecule has 0 saturated carbocycles. The minimum absolute atomic E-state index is 0.0928. The van der Waals surface area contributed by atoms with Crippen LogP contribution < -0.4 is 5.32 Å². The summed E-state index contributed by atoms with van der Waals surface area (Å²) in [5.41, 5.74) is 0. The summed E-state index contributed by atoms with van der Waals surface area (Å²) in [5, 5.41) is 11.1. The average molecular weight is 292 g/mol. The van der Waals surface area contributed by atoms with Gasteiger partial charge in [-0.25, -0.2) is 0 Å². The zero-order valence-electron chi connectivity index (χ0n) is 12.0. The van der Waals surface area contributed by atoms with Gasteiger partial charge in [-0.15, -0.1) is 13.2 Å². The van der Waals surface area contributed by atoms with Gasteiger partial charge in [-0.05, 0) is 19.1 Å². The molecular weight excluding hydrogens is 272 g/mol. The summed E-state index contributed by atoms with van der Waals surface area (Å²) in [6.07, 6.45) is 3.54. The largest absolute Gasteiger partial charge is 0.480 e. The number of carboxylic acid groups (broad SMARTS) is 1. The highest BCUT2D eigenvalue weighted by atomic mass is 16.4. The highest BCUT2D eigenvalue weighted by Crippen LogP contribution is 2.11. The lowest BCUT2D eigenvalue weighted by Gasteiger charge is -2.16. The van der Waals surface area contributed by atoms with Gasteiger partial charge in [-0.3, -0.25) is 14.5 Å². The third kappa shape index (κ3) is 5.27. The van der Waals surface area contributed by atoms with E-state index in [4.69, 9.17) is 9.52 Å². The molecule has 1 aromatic heterocycles. The Hall–Kier alpha value is -2.34. The molecule has 0 saturated heterocycles. The average Bonchev–Trinajstić information content (AvgIpc) is 2.87. The van der Waals surface area contributed by atoms with E-state index >= 15 is 0 Å². The van der Waals surface area contributed by atoms with Crippen molar-refractivity contribution in [1.29, 1.82) is 0 Å². The predicted molar refractivity (Wildman–Crippen MR) is 78.9 cm³/mol. The van der Waals surface area contributed by atoms with Crippen LogP contribution in [0.5, 0.6) is 0 Å². The highest BCUT2D eigenvalue weighted by Gasteiger charge is 2.18. The lowest BCUT2D eigenvalue weighted by atomic mass is 10.3. The van der Waals surface area contributed by atoms with Crippen LogP contribution in [0.2, 0.25) is 0 Å². The Kier molecular flexibility index (Phi) is 6.42. The minimum Gasteiger partial charge on any atom is -0.480 e. The van der Waals surface area contributed by atoms with E-state index in [2.05, 4.69) is 18.5 Å². The van der Waals surface area contributed by atoms with Crippen LogP contribution in [0.25, 0.3) is 0 Å². The fourth-order valence-electron chi connectivity index (χ4n) is 1.70. The van der Waals surface area contributed by atoms with Crippen molar-refractivity contribution in [2.24, 2.45) is 0 Å². The van der Waals surface area contributed by atoms with E-state index in [1.54, 1.807) is 18.2 Å². The van der Waals surface area contributed by atoms with Crippen LogP contribution in [0.15, 0.2) is 41.9 Å². The molecule has 0 aromatic carbocycles. The van der Waals surface area contributed by atoms with Crippen molar-refractivity contribution in [3.8, 4) is 0 Å². The van der Waals surface area contributed by atoms with Gasteiger partial charge in [0.1, 0.15) is 11.8 Å². The summed E-state index contributed by atoms with van der Waals surface area (Å²) in [6.45, 7) is 10.6. The van der Waals surface area contributed by atoms with Crippen LogP contribution in [0, 0.1) is 0 Å². The minimum atomic E-state index is -1.10. The summed E-state index contributed by atoms with van der Waals surface area (Å²) in [6, 6.07) is 2.25. The first-order chi connectivity index (χ1) is 9.97. The fourth-order valence-corrected chi connectivity index (χ4v) is 1.70. The monoisotopic (exact) mass is 292 g/mol. The molecule has 0 aliphatic carbocycles. The number of hydrogen-bond donors (Lipinski definition) is 2. The number of carbonyl (C=O) groups is 2. The molecular formula is C15H20N2O4. The fraction of sp³-hybridized carbons (Fsp3) is 0.333. The number of carbonyl (C=O) groups excluding carboxylic acids is 1. The second-order valence-electron chi connectivity index (χ2n) is 4.57. The van der Waals surface area contributed by atoms with Gasteiger partial charge in [0.15, 0.2) is 5.76 Å². The molecule has 1 atom stereocenters. The molecule has 2 N–H and O–H groups in total. The van der Waals surface area contributed by atoms with E-state index in [9.17, 15) is 9.59 Å². The maximum absolute atomic E-state index is 11.8. The zero-order chi connectivity index (χ0) is 15.8. The first kappa shape index (κ1) is 16.7. The Labute approximate surface area is 123 Å². The summed E-state index contributed by atoms with van der Waals surface area (Å²) >= 11 is 0. The summed E-state index contributed by atoms with van der Waals surface area (Å²) < 4.78 is 5.43. The van der Waals surface area contributed by atoms with E-state index < -0.39 is 17.9 Å². The number of nitrogens with zero attached hydrogens (tertiary/aromatic N) is 1. The third-order valence-corrected chi connectivity index (χ3v) is 2.76. The Morgan fingerprint density at radius 2 is 2.00 bits per heavy atom. The predicted octanol–water partition coefficient (Wildman–Crippen LogP) is 1.66. The van der Waals surface area contributed by atoms with E-state index in [-0.39, 0.29) is 5.76 Å². The van der Waals surface area contributed by atoms with Gasteiger partial charge >= 0.3 is 5.97 Å². The molecule has 1 heterocycles. The van der Waals surface area contributed by atoms with Crippen LogP contribution in [0.4, 0.5) is 0 Å². The number of amides is 1. The zero-order valence-corrected chi connectivity index (χ0v) is 12.0. The molecule has 114 valence electrons. The molecule has 0 spiro atoms. The molecule has 1 unspecified atom stereocenters. The Morgan fingerprint density at radius 1 is 1.38 bits per heavy atom. The molecule has 1 amide bonds. The van der Waals surface area contributed by atoms with E-state index in [1.807, 2.05) is 4.90 Å². The van der Waals surface area contributed by atoms with Crippen LogP contribution in [-0.2, 0) is 11.3 Å². The van der Waals surface area contributed by atoms with Gasteiger partial charge in [0.2, 0.25) is 0 Å². The lowest BCUT2D eigenvalue weighted by molar-refractivity contribution is -0.138.